The van der Waals surface area contributed by atoms with Crippen molar-refractivity contribution in [3.63, 3.8) is 0 Å². The lowest BCUT2D eigenvalue weighted by Gasteiger charge is -2.12. The molecule has 4 N–H and O–H groups in total. The van der Waals surface area contributed by atoms with Crippen LogP contribution in [0.3, 0.4) is 0 Å². The first-order chi connectivity index (χ1) is 5.41. The number of furan rings is 1. The van der Waals surface area contributed by atoms with Crippen molar-refractivity contribution in [2.24, 2.45) is 5.73 Å². The van der Waals surface area contributed by atoms with Crippen LogP contribution in [0.5, 0.6) is 0 Å². The lowest BCUT2D eigenvalue weighted by Crippen LogP contribution is -2.27. The molecule has 1 heterocycles. The summed E-state index contributed by atoms with van der Waals surface area (Å²) in [5.74, 6) is -0.0790. The minimum atomic E-state index is -4.46. The third-order valence-corrected chi connectivity index (χ3v) is 1.35. The molecule has 0 fully saturated rings. The molecule has 0 bridgehead atoms. The fourth-order valence-electron chi connectivity index (χ4n) is 0.720. The predicted octanol–water partition coefficient (Wildman–Crippen LogP) is 1.42. The molecule has 0 saturated carbocycles. The van der Waals surface area contributed by atoms with Gasteiger partial charge in [-0.15, -0.1) is 0 Å². The minimum Gasteiger partial charge on any atom is -0.449 e. The monoisotopic (exact) mass is 180 g/mol. The van der Waals surface area contributed by atoms with Crippen LogP contribution in [0.1, 0.15) is 11.6 Å². The number of nitrogen functional groups attached to an aromatic ring is 1. The Labute approximate surface area is 66.1 Å². The van der Waals surface area contributed by atoms with Crippen molar-refractivity contribution in [2.75, 3.05) is 5.73 Å². The fourth-order valence-corrected chi connectivity index (χ4v) is 0.720. The Balaban J connectivity index is 2.85. The summed E-state index contributed by atoms with van der Waals surface area (Å²) >= 11 is 0. The van der Waals surface area contributed by atoms with Crippen LogP contribution in [0, 0.1) is 0 Å². The van der Waals surface area contributed by atoms with Crippen LogP contribution >= 0.6 is 0 Å². The molecule has 0 aliphatic heterocycles. The Bertz CT molecular complexity index is 268. The molecule has 0 amide bonds. The second-order valence-corrected chi connectivity index (χ2v) is 2.30. The summed E-state index contributed by atoms with van der Waals surface area (Å²) in [7, 11) is 0. The number of halogens is 3. The van der Waals surface area contributed by atoms with E-state index >= 15 is 0 Å². The SMILES string of the molecule is Nc1cc(C(N)C(F)(F)F)co1. The molecule has 1 aromatic rings. The molecule has 0 aromatic carbocycles. The van der Waals surface area contributed by atoms with Gasteiger partial charge in [0.25, 0.3) is 0 Å². The molecule has 0 spiro atoms. The van der Waals surface area contributed by atoms with E-state index in [0.717, 1.165) is 12.3 Å². The zero-order valence-electron chi connectivity index (χ0n) is 5.93. The number of alkyl halides is 3. The highest BCUT2D eigenvalue weighted by Crippen LogP contribution is 2.31. The van der Waals surface area contributed by atoms with Crippen LogP contribution in [0.4, 0.5) is 19.1 Å². The van der Waals surface area contributed by atoms with Gasteiger partial charge < -0.3 is 15.9 Å². The summed E-state index contributed by atoms with van der Waals surface area (Å²) in [5.41, 5.74) is 9.75. The van der Waals surface area contributed by atoms with Gasteiger partial charge in [0.2, 0.25) is 0 Å². The molecule has 0 saturated heterocycles. The van der Waals surface area contributed by atoms with Crippen molar-refractivity contribution >= 4 is 5.88 Å². The van der Waals surface area contributed by atoms with E-state index in [0.29, 0.717) is 0 Å². The third kappa shape index (κ3) is 1.70. The number of anilines is 1. The van der Waals surface area contributed by atoms with Gasteiger partial charge in [0.05, 0.1) is 6.26 Å². The van der Waals surface area contributed by atoms with E-state index in [1.807, 2.05) is 0 Å². The molecular weight excluding hydrogens is 173 g/mol. The minimum absolute atomic E-state index is 0.0790. The summed E-state index contributed by atoms with van der Waals surface area (Å²) in [5, 5.41) is 0. The van der Waals surface area contributed by atoms with E-state index < -0.39 is 12.2 Å². The van der Waals surface area contributed by atoms with Crippen LogP contribution < -0.4 is 11.5 Å². The molecule has 0 radical (unpaired) electrons. The fraction of sp³-hybridized carbons (Fsp3) is 0.333. The Kier molecular flexibility index (Phi) is 2.01. The molecular formula is C6H7F3N2O. The molecule has 1 rings (SSSR count). The van der Waals surface area contributed by atoms with Gasteiger partial charge in [0, 0.05) is 11.6 Å². The zero-order valence-corrected chi connectivity index (χ0v) is 5.93. The van der Waals surface area contributed by atoms with Crippen LogP contribution in [-0.4, -0.2) is 6.18 Å². The van der Waals surface area contributed by atoms with Gasteiger partial charge in [-0.3, -0.25) is 0 Å². The van der Waals surface area contributed by atoms with E-state index in [1.54, 1.807) is 0 Å². The van der Waals surface area contributed by atoms with E-state index in [2.05, 4.69) is 4.42 Å². The van der Waals surface area contributed by atoms with Gasteiger partial charge in [-0.25, -0.2) is 0 Å². The summed E-state index contributed by atoms with van der Waals surface area (Å²) < 4.78 is 40.3. The lowest BCUT2D eigenvalue weighted by atomic mass is 10.1. The highest BCUT2D eigenvalue weighted by molar-refractivity contribution is 5.31. The largest absolute Gasteiger partial charge is 0.449 e. The highest BCUT2D eigenvalue weighted by atomic mass is 19.4. The summed E-state index contributed by atoms with van der Waals surface area (Å²) in [6.07, 6.45) is -3.57. The Morgan fingerprint density at radius 2 is 2.00 bits per heavy atom. The molecule has 12 heavy (non-hydrogen) atoms. The van der Waals surface area contributed by atoms with E-state index in [9.17, 15) is 13.2 Å². The van der Waals surface area contributed by atoms with Gasteiger partial charge in [-0.1, -0.05) is 0 Å². The maximum atomic E-state index is 11.9. The van der Waals surface area contributed by atoms with Gasteiger partial charge in [0.15, 0.2) is 5.88 Å². The predicted molar refractivity (Wildman–Crippen MR) is 36.1 cm³/mol. The maximum absolute atomic E-state index is 11.9. The van der Waals surface area contributed by atoms with E-state index in [-0.39, 0.29) is 11.4 Å². The Morgan fingerprint density at radius 1 is 1.42 bits per heavy atom. The van der Waals surface area contributed by atoms with Crippen molar-refractivity contribution in [3.8, 4) is 0 Å². The summed E-state index contributed by atoms with van der Waals surface area (Å²) in [4.78, 5) is 0. The zero-order chi connectivity index (χ0) is 9.35. The van der Waals surface area contributed by atoms with Crippen molar-refractivity contribution in [1.29, 1.82) is 0 Å². The second kappa shape index (κ2) is 2.71. The molecule has 0 aliphatic carbocycles. The first-order valence-electron chi connectivity index (χ1n) is 3.07. The van der Waals surface area contributed by atoms with Crippen molar-refractivity contribution in [1.82, 2.24) is 0 Å². The smallest absolute Gasteiger partial charge is 0.407 e. The third-order valence-electron chi connectivity index (χ3n) is 1.35. The first kappa shape index (κ1) is 8.92. The summed E-state index contributed by atoms with van der Waals surface area (Å²) in [6.45, 7) is 0. The lowest BCUT2D eigenvalue weighted by molar-refractivity contribution is -0.149. The van der Waals surface area contributed by atoms with Gasteiger partial charge in [-0.05, 0) is 0 Å². The summed E-state index contributed by atoms with van der Waals surface area (Å²) in [6, 6.07) is -0.975. The molecule has 68 valence electrons. The van der Waals surface area contributed by atoms with Gasteiger partial charge >= 0.3 is 6.18 Å². The van der Waals surface area contributed by atoms with E-state index in [4.69, 9.17) is 11.5 Å². The van der Waals surface area contributed by atoms with Crippen molar-refractivity contribution < 1.29 is 17.6 Å². The number of hydrogen-bond acceptors (Lipinski definition) is 3. The van der Waals surface area contributed by atoms with Gasteiger partial charge in [-0.2, -0.15) is 13.2 Å². The average Bonchev–Trinajstić information content (AvgIpc) is 2.32. The van der Waals surface area contributed by atoms with Crippen LogP contribution in [0.25, 0.3) is 0 Å². The Morgan fingerprint density at radius 3 is 2.33 bits per heavy atom. The first-order valence-corrected chi connectivity index (χ1v) is 3.07. The molecule has 0 aliphatic rings. The molecule has 6 heteroatoms. The van der Waals surface area contributed by atoms with E-state index in [1.165, 1.54) is 0 Å². The standard InChI is InChI=1S/C6H7F3N2O/c7-6(8,9)5(11)3-1-4(10)12-2-3/h1-2,5H,10-11H2. The molecule has 1 aromatic heterocycles. The topological polar surface area (TPSA) is 65.2 Å². The average molecular weight is 180 g/mol. The van der Waals surface area contributed by atoms with Crippen LogP contribution in [-0.2, 0) is 0 Å². The van der Waals surface area contributed by atoms with Crippen molar-refractivity contribution in [2.45, 2.75) is 12.2 Å². The molecule has 1 atom stereocenters. The highest BCUT2D eigenvalue weighted by Gasteiger charge is 2.38. The Hall–Kier alpha value is -1.17. The van der Waals surface area contributed by atoms with Crippen LogP contribution in [0.2, 0.25) is 0 Å². The normalized spacial score (nSPS) is 14.7. The van der Waals surface area contributed by atoms with Crippen LogP contribution in [0.15, 0.2) is 16.7 Å². The van der Waals surface area contributed by atoms with Gasteiger partial charge in [0.1, 0.15) is 6.04 Å². The molecule has 3 nitrogen and oxygen atoms in total. The number of nitrogens with two attached hydrogens (primary N) is 2. The molecule has 1 unspecified atom stereocenters. The number of rotatable bonds is 1. The quantitative estimate of drug-likeness (QED) is 0.686. The number of hydrogen-bond donors (Lipinski definition) is 2. The second-order valence-electron chi connectivity index (χ2n) is 2.30. The maximum Gasteiger partial charge on any atom is 0.407 e. The van der Waals surface area contributed by atoms with Crippen molar-refractivity contribution in [3.05, 3.63) is 17.9 Å².